The molecule has 31 heavy (non-hydrogen) atoms. The average Bonchev–Trinajstić information content (AvgIpc) is 3.44. The Morgan fingerprint density at radius 2 is 2.00 bits per heavy atom. The van der Waals surface area contributed by atoms with Crippen LogP contribution >= 0.6 is 0 Å². The molecular weight excluding hydrogens is 395 g/mol. The maximum atomic E-state index is 13.6. The molecule has 162 valence electrons. The van der Waals surface area contributed by atoms with Crippen molar-refractivity contribution in [3.63, 3.8) is 0 Å². The first-order valence-electron chi connectivity index (χ1n) is 10.5. The highest BCUT2D eigenvalue weighted by molar-refractivity contribution is 5.80. The summed E-state index contributed by atoms with van der Waals surface area (Å²) < 4.78 is 18.8. The van der Waals surface area contributed by atoms with Gasteiger partial charge in [0, 0.05) is 24.1 Å². The molecule has 1 saturated carbocycles. The number of benzene rings is 2. The summed E-state index contributed by atoms with van der Waals surface area (Å²) in [7, 11) is 1.64. The van der Waals surface area contributed by atoms with Gasteiger partial charge in [-0.3, -0.25) is 5.10 Å². The standard InChI is InChI=1S/C23H27FN6O/c1-3-25-22(27-15-23(11-12-23)17-5-4-6-18(24)13-17)26-14-20-28-21(30-29-20)16-7-9-19(31-2)10-8-16/h4-10,13H,3,11-12,14-15H2,1-2H3,(H2,25,26,27)(H,28,29,30). The minimum atomic E-state index is -0.192. The molecule has 1 fully saturated rings. The third-order valence-electron chi connectivity index (χ3n) is 5.50. The van der Waals surface area contributed by atoms with Crippen LogP contribution in [0.2, 0.25) is 0 Å². The second kappa shape index (κ2) is 9.16. The first-order chi connectivity index (χ1) is 15.1. The van der Waals surface area contributed by atoms with Crippen molar-refractivity contribution in [1.82, 2.24) is 25.8 Å². The van der Waals surface area contributed by atoms with Gasteiger partial charge in [0.2, 0.25) is 0 Å². The summed E-state index contributed by atoms with van der Waals surface area (Å²) in [4.78, 5) is 9.16. The molecule has 0 atom stereocenters. The van der Waals surface area contributed by atoms with E-state index in [1.54, 1.807) is 19.2 Å². The van der Waals surface area contributed by atoms with Crippen molar-refractivity contribution in [3.05, 3.63) is 65.7 Å². The quantitative estimate of drug-likeness (QED) is 0.383. The number of nitrogens with zero attached hydrogens (tertiary/aromatic N) is 3. The zero-order valence-corrected chi connectivity index (χ0v) is 17.8. The number of H-pyrrole nitrogens is 1. The van der Waals surface area contributed by atoms with Crippen LogP contribution in [0.5, 0.6) is 5.75 Å². The Kier molecular flexibility index (Phi) is 6.16. The summed E-state index contributed by atoms with van der Waals surface area (Å²) in [6.45, 7) is 3.83. The number of aliphatic imine (C=N–C) groups is 1. The van der Waals surface area contributed by atoms with Crippen LogP contribution in [-0.4, -0.2) is 41.3 Å². The molecule has 0 amide bonds. The topological polar surface area (TPSA) is 87.2 Å². The number of aromatic nitrogens is 3. The second-order valence-corrected chi connectivity index (χ2v) is 7.67. The number of hydrogen-bond acceptors (Lipinski definition) is 4. The van der Waals surface area contributed by atoms with Crippen molar-refractivity contribution < 1.29 is 9.13 Å². The number of halogens is 1. The average molecular weight is 423 g/mol. The maximum Gasteiger partial charge on any atom is 0.191 e. The van der Waals surface area contributed by atoms with Gasteiger partial charge in [0.25, 0.3) is 0 Å². The van der Waals surface area contributed by atoms with Gasteiger partial charge in [0.05, 0.1) is 7.11 Å². The lowest BCUT2D eigenvalue weighted by Crippen LogP contribution is -2.41. The summed E-state index contributed by atoms with van der Waals surface area (Å²) in [5.74, 6) is 2.59. The molecule has 1 aliphatic carbocycles. The molecule has 3 aromatic rings. The van der Waals surface area contributed by atoms with E-state index < -0.39 is 0 Å². The predicted molar refractivity (Wildman–Crippen MR) is 119 cm³/mol. The summed E-state index contributed by atoms with van der Waals surface area (Å²) in [6, 6.07) is 14.5. The number of methoxy groups -OCH3 is 1. The molecule has 0 unspecified atom stereocenters. The van der Waals surface area contributed by atoms with Crippen molar-refractivity contribution >= 4 is 5.96 Å². The number of guanidine groups is 1. The Morgan fingerprint density at radius 1 is 1.19 bits per heavy atom. The van der Waals surface area contributed by atoms with Crippen molar-refractivity contribution in [1.29, 1.82) is 0 Å². The smallest absolute Gasteiger partial charge is 0.191 e. The molecule has 2 aromatic carbocycles. The largest absolute Gasteiger partial charge is 0.497 e. The molecule has 0 radical (unpaired) electrons. The summed E-state index contributed by atoms with van der Waals surface area (Å²) in [6.07, 6.45) is 2.08. The van der Waals surface area contributed by atoms with Gasteiger partial charge in [-0.25, -0.2) is 14.4 Å². The highest BCUT2D eigenvalue weighted by Gasteiger charge is 2.44. The minimum Gasteiger partial charge on any atom is -0.497 e. The van der Waals surface area contributed by atoms with Crippen LogP contribution < -0.4 is 15.4 Å². The number of aromatic amines is 1. The van der Waals surface area contributed by atoms with Crippen LogP contribution in [-0.2, 0) is 12.0 Å². The number of rotatable bonds is 8. The van der Waals surface area contributed by atoms with Gasteiger partial charge in [0.1, 0.15) is 23.9 Å². The van der Waals surface area contributed by atoms with E-state index in [1.165, 1.54) is 6.07 Å². The second-order valence-electron chi connectivity index (χ2n) is 7.67. The molecule has 0 saturated heterocycles. The molecule has 1 aliphatic rings. The number of nitrogens with one attached hydrogen (secondary N) is 3. The monoisotopic (exact) mass is 422 g/mol. The van der Waals surface area contributed by atoms with Gasteiger partial charge >= 0.3 is 0 Å². The summed E-state index contributed by atoms with van der Waals surface area (Å²) in [5, 5.41) is 13.9. The Labute approximate surface area is 181 Å². The highest BCUT2D eigenvalue weighted by atomic mass is 19.1. The Bertz CT molecular complexity index is 1040. The third kappa shape index (κ3) is 5.02. The van der Waals surface area contributed by atoms with E-state index in [1.807, 2.05) is 37.3 Å². The van der Waals surface area contributed by atoms with E-state index >= 15 is 0 Å². The number of hydrogen-bond donors (Lipinski definition) is 3. The Balaban J connectivity index is 1.39. The van der Waals surface area contributed by atoms with Crippen molar-refractivity contribution in [2.75, 3.05) is 20.2 Å². The molecule has 1 heterocycles. The Morgan fingerprint density at radius 3 is 2.68 bits per heavy atom. The van der Waals surface area contributed by atoms with E-state index in [9.17, 15) is 4.39 Å². The molecule has 7 nitrogen and oxygen atoms in total. The van der Waals surface area contributed by atoms with Crippen molar-refractivity contribution in [2.45, 2.75) is 31.7 Å². The first-order valence-corrected chi connectivity index (χ1v) is 10.5. The van der Waals surface area contributed by atoms with Gasteiger partial charge in [-0.05, 0) is 61.7 Å². The minimum absolute atomic E-state index is 0.0218. The molecule has 0 spiro atoms. The predicted octanol–water partition coefficient (Wildman–Crippen LogP) is 3.41. The Hall–Kier alpha value is -3.42. The van der Waals surface area contributed by atoms with Crippen molar-refractivity contribution in [3.8, 4) is 17.1 Å². The van der Waals surface area contributed by atoms with Crippen LogP contribution in [0.1, 0.15) is 31.2 Å². The van der Waals surface area contributed by atoms with Crippen LogP contribution in [0, 0.1) is 5.82 Å². The first kappa shape index (κ1) is 20.8. The van der Waals surface area contributed by atoms with Crippen molar-refractivity contribution in [2.24, 2.45) is 4.99 Å². The fourth-order valence-electron chi connectivity index (χ4n) is 3.52. The fourth-order valence-corrected chi connectivity index (χ4v) is 3.52. The van der Waals surface area contributed by atoms with Crippen LogP contribution in [0.25, 0.3) is 11.4 Å². The van der Waals surface area contributed by atoms with E-state index in [2.05, 4.69) is 30.8 Å². The molecule has 4 rings (SSSR count). The third-order valence-corrected chi connectivity index (χ3v) is 5.50. The van der Waals surface area contributed by atoms with Gasteiger partial charge in [0.15, 0.2) is 11.8 Å². The SMILES string of the molecule is CCNC(=NCc1nc(-c2ccc(OC)cc2)n[nH]1)NCC1(c2cccc(F)c2)CC1. The maximum absolute atomic E-state index is 13.6. The molecule has 1 aromatic heterocycles. The van der Waals surface area contributed by atoms with Crippen LogP contribution in [0.15, 0.2) is 53.5 Å². The lowest BCUT2D eigenvalue weighted by Gasteiger charge is -2.19. The van der Waals surface area contributed by atoms with Gasteiger partial charge in [-0.2, -0.15) is 5.10 Å². The summed E-state index contributed by atoms with van der Waals surface area (Å²) >= 11 is 0. The van der Waals surface area contributed by atoms with Crippen LogP contribution in [0.3, 0.4) is 0 Å². The van der Waals surface area contributed by atoms with E-state index in [-0.39, 0.29) is 11.2 Å². The zero-order chi connectivity index (χ0) is 21.7. The molecule has 0 aliphatic heterocycles. The fraction of sp³-hybridized carbons (Fsp3) is 0.348. The molecule has 8 heteroatoms. The zero-order valence-electron chi connectivity index (χ0n) is 17.8. The number of ether oxygens (including phenoxy) is 1. The van der Waals surface area contributed by atoms with E-state index in [4.69, 9.17) is 4.74 Å². The highest BCUT2D eigenvalue weighted by Crippen LogP contribution is 2.47. The molecular formula is C23H27FN6O. The van der Waals surface area contributed by atoms with Gasteiger partial charge in [-0.15, -0.1) is 0 Å². The van der Waals surface area contributed by atoms with Gasteiger partial charge in [-0.1, -0.05) is 12.1 Å². The van der Waals surface area contributed by atoms with Gasteiger partial charge < -0.3 is 15.4 Å². The van der Waals surface area contributed by atoms with E-state index in [0.29, 0.717) is 30.7 Å². The molecule has 3 N–H and O–H groups in total. The molecule has 0 bridgehead atoms. The summed E-state index contributed by atoms with van der Waals surface area (Å²) in [5.41, 5.74) is 1.92. The normalized spacial score (nSPS) is 14.9. The van der Waals surface area contributed by atoms with E-state index in [0.717, 1.165) is 36.3 Å². The lowest BCUT2D eigenvalue weighted by atomic mass is 9.96. The van der Waals surface area contributed by atoms with Crippen LogP contribution in [0.4, 0.5) is 4.39 Å². The lowest BCUT2D eigenvalue weighted by molar-refractivity contribution is 0.415.